The highest BCUT2D eigenvalue weighted by molar-refractivity contribution is 5.52. The van der Waals surface area contributed by atoms with Crippen molar-refractivity contribution in [2.24, 2.45) is 0 Å². The molecule has 0 saturated carbocycles. The van der Waals surface area contributed by atoms with Crippen LogP contribution < -0.4 is 19.1 Å². The number of aromatic hydroxyl groups is 1. The Morgan fingerprint density at radius 3 is 2.48 bits per heavy atom. The van der Waals surface area contributed by atoms with Gasteiger partial charge in [0.25, 0.3) is 0 Å². The van der Waals surface area contributed by atoms with Crippen LogP contribution in [0.15, 0.2) is 24.3 Å². The van der Waals surface area contributed by atoms with E-state index >= 15 is 0 Å². The number of quaternary nitrogens is 1. The van der Waals surface area contributed by atoms with E-state index in [0.29, 0.717) is 11.8 Å². The molecule has 0 fully saturated rings. The first-order valence-electron chi connectivity index (χ1n) is 8.63. The molecule has 25 heavy (non-hydrogen) atoms. The highest BCUT2D eigenvalue weighted by Gasteiger charge is 2.38. The van der Waals surface area contributed by atoms with Gasteiger partial charge >= 0.3 is 0 Å². The van der Waals surface area contributed by atoms with E-state index in [2.05, 4.69) is 12.1 Å². The Hall–Kier alpha value is -2.40. The van der Waals surface area contributed by atoms with E-state index in [1.165, 1.54) is 21.6 Å². The van der Waals surface area contributed by atoms with Crippen LogP contribution in [0.25, 0.3) is 0 Å². The van der Waals surface area contributed by atoms with Gasteiger partial charge in [-0.25, -0.2) is 0 Å². The maximum absolute atomic E-state index is 10.1. The lowest BCUT2D eigenvalue weighted by Gasteiger charge is -2.39. The molecule has 0 bridgehead atoms. The SMILES string of the molecule is COc1cc2c(cc1OC)C1Cc3ccc(O)c(OC)c3C[NH+]1CC2. The molecule has 0 aromatic heterocycles. The average Bonchev–Trinajstić information content (AvgIpc) is 2.65. The lowest BCUT2D eigenvalue weighted by molar-refractivity contribution is -0.949. The van der Waals surface area contributed by atoms with Crippen molar-refractivity contribution in [1.82, 2.24) is 0 Å². The zero-order valence-corrected chi connectivity index (χ0v) is 14.9. The minimum atomic E-state index is 0.225. The summed E-state index contributed by atoms with van der Waals surface area (Å²) >= 11 is 0. The number of methoxy groups -OCH3 is 3. The lowest BCUT2D eigenvalue weighted by Crippen LogP contribution is -3.13. The van der Waals surface area contributed by atoms with Crippen LogP contribution in [-0.2, 0) is 19.4 Å². The molecule has 2 aromatic rings. The second-order valence-electron chi connectivity index (χ2n) is 6.75. The summed E-state index contributed by atoms with van der Waals surface area (Å²) in [7, 11) is 4.99. The summed E-state index contributed by atoms with van der Waals surface area (Å²) in [4.78, 5) is 1.51. The van der Waals surface area contributed by atoms with Gasteiger partial charge in [0.05, 0.1) is 33.4 Å². The van der Waals surface area contributed by atoms with Crippen molar-refractivity contribution >= 4 is 0 Å². The third-order valence-electron chi connectivity index (χ3n) is 5.60. The molecule has 5 heteroatoms. The van der Waals surface area contributed by atoms with Gasteiger partial charge < -0.3 is 24.2 Å². The zero-order chi connectivity index (χ0) is 17.6. The molecule has 2 unspecified atom stereocenters. The number of rotatable bonds is 3. The summed E-state index contributed by atoms with van der Waals surface area (Å²) in [6, 6.07) is 8.42. The highest BCUT2D eigenvalue weighted by Crippen LogP contribution is 2.39. The Kier molecular flexibility index (Phi) is 3.96. The molecule has 2 aromatic carbocycles. The Bertz CT molecular complexity index is 818. The van der Waals surface area contributed by atoms with Crippen molar-refractivity contribution in [3.05, 3.63) is 46.5 Å². The van der Waals surface area contributed by atoms with E-state index < -0.39 is 0 Å². The van der Waals surface area contributed by atoms with Crippen LogP contribution in [0.2, 0.25) is 0 Å². The predicted octanol–water partition coefficient (Wildman–Crippen LogP) is 1.66. The molecule has 2 N–H and O–H groups in total. The second-order valence-corrected chi connectivity index (χ2v) is 6.75. The van der Waals surface area contributed by atoms with Crippen molar-refractivity contribution in [2.45, 2.75) is 25.4 Å². The van der Waals surface area contributed by atoms with Crippen molar-refractivity contribution in [3.63, 3.8) is 0 Å². The van der Waals surface area contributed by atoms with E-state index in [1.54, 1.807) is 27.4 Å². The van der Waals surface area contributed by atoms with Crippen molar-refractivity contribution in [2.75, 3.05) is 27.9 Å². The van der Waals surface area contributed by atoms with Crippen LogP contribution in [0.1, 0.15) is 28.3 Å². The molecular formula is C20H24NO4+. The van der Waals surface area contributed by atoms with Gasteiger partial charge in [0.1, 0.15) is 12.6 Å². The summed E-state index contributed by atoms with van der Waals surface area (Å²) in [5, 5.41) is 10.1. The molecule has 4 rings (SSSR count). The quantitative estimate of drug-likeness (QED) is 0.891. The monoisotopic (exact) mass is 342 g/mol. The molecule has 2 aliphatic rings. The van der Waals surface area contributed by atoms with E-state index in [4.69, 9.17) is 14.2 Å². The molecule has 0 amide bonds. The normalized spacial score (nSPS) is 20.9. The molecule has 0 radical (unpaired) electrons. The van der Waals surface area contributed by atoms with Crippen molar-refractivity contribution in [3.8, 4) is 23.0 Å². The largest absolute Gasteiger partial charge is 0.504 e. The van der Waals surface area contributed by atoms with Crippen LogP contribution in [0, 0.1) is 0 Å². The van der Waals surface area contributed by atoms with E-state index in [0.717, 1.165) is 43.0 Å². The summed E-state index contributed by atoms with van der Waals surface area (Å²) in [6.07, 6.45) is 1.95. The fourth-order valence-corrected chi connectivity index (χ4v) is 4.35. The minimum Gasteiger partial charge on any atom is -0.504 e. The standard InChI is InChI=1S/C20H23NO4/c1-23-18-9-13-6-7-21-11-15-12(4-5-17(22)20(15)25-3)8-16(21)14(13)10-19(18)24-2/h4-5,9-10,16,22H,6-8,11H2,1-3H3/p+1. The molecule has 2 atom stereocenters. The Balaban J connectivity index is 1.77. The van der Waals surface area contributed by atoms with Crippen LogP contribution >= 0.6 is 0 Å². The number of hydrogen-bond donors (Lipinski definition) is 2. The Morgan fingerprint density at radius 1 is 1.00 bits per heavy atom. The highest BCUT2D eigenvalue weighted by atomic mass is 16.5. The topological polar surface area (TPSA) is 52.4 Å². The number of fused-ring (bicyclic) bond motifs is 4. The third-order valence-corrected chi connectivity index (χ3v) is 5.60. The first kappa shape index (κ1) is 16.1. The number of phenols is 1. The Morgan fingerprint density at radius 2 is 1.76 bits per heavy atom. The number of nitrogens with one attached hydrogen (secondary N) is 1. The maximum Gasteiger partial charge on any atom is 0.169 e. The average molecular weight is 342 g/mol. The Labute approximate surface area is 147 Å². The predicted molar refractivity (Wildman–Crippen MR) is 93.9 cm³/mol. The first-order valence-corrected chi connectivity index (χ1v) is 8.63. The van der Waals surface area contributed by atoms with Crippen LogP contribution in [-0.4, -0.2) is 33.0 Å². The number of hydrogen-bond acceptors (Lipinski definition) is 4. The lowest BCUT2D eigenvalue weighted by atomic mass is 9.83. The van der Waals surface area contributed by atoms with Crippen LogP contribution in [0.4, 0.5) is 0 Å². The second kappa shape index (κ2) is 6.15. The molecule has 0 saturated heterocycles. The van der Waals surface area contributed by atoms with Gasteiger partial charge in [-0.1, -0.05) is 6.07 Å². The van der Waals surface area contributed by atoms with Gasteiger partial charge in [-0.15, -0.1) is 0 Å². The van der Waals surface area contributed by atoms with Gasteiger partial charge in [-0.3, -0.25) is 0 Å². The van der Waals surface area contributed by atoms with Gasteiger partial charge in [0, 0.05) is 18.4 Å². The van der Waals surface area contributed by atoms with E-state index in [9.17, 15) is 5.11 Å². The maximum atomic E-state index is 10.1. The number of phenolic OH excluding ortho intramolecular Hbond substituents is 1. The minimum absolute atomic E-state index is 0.225. The molecule has 0 spiro atoms. The van der Waals surface area contributed by atoms with Gasteiger partial charge in [0.2, 0.25) is 0 Å². The zero-order valence-electron chi connectivity index (χ0n) is 14.9. The summed E-state index contributed by atoms with van der Waals surface area (Å²) in [5.74, 6) is 2.44. The first-order chi connectivity index (χ1) is 12.2. The third kappa shape index (κ3) is 2.50. The molecule has 2 aliphatic heterocycles. The molecular weight excluding hydrogens is 318 g/mol. The van der Waals surface area contributed by atoms with Crippen molar-refractivity contribution < 1.29 is 24.2 Å². The fourth-order valence-electron chi connectivity index (χ4n) is 4.35. The number of benzene rings is 2. The van der Waals surface area contributed by atoms with Gasteiger partial charge in [-0.05, 0) is 29.3 Å². The molecule has 0 aliphatic carbocycles. The van der Waals surface area contributed by atoms with Crippen molar-refractivity contribution in [1.29, 1.82) is 0 Å². The molecule has 132 valence electrons. The van der Waals surface area contributed by atoms with E-state index in [-0.39, 0.29) is 5.75 Å². The smallest absolute Gasteiger partial charge is 0.169 e. The molecule has 2 heterocycles. The van der Waals surface area contributed by atoms with Gasteiger partial charge in [0.15, 0.2) is 23.0 Å². The van der Waals surface area contributed by atoms with Crippen LogP contribution in [0.3, 0.4) is 0 Å². The molecule has 5 nitrogen and oxygen atoms in total. The fraction of sp³-hybridized carbons (Fsp3) is 0.400. The summed E-state index contributed by atoms with van der Waals surface area (Å²) < 4.78 is 16.4. The van der Waals surface area contributed by atoms with Gasteiger partial charge in [-0.2, -0.15) is 0 Å². The number of ether oxygens (including phenoxy) is 3. The van der Waals surface area contributed by atoms with E-state index in [1.807, 2.05) is 6.07 Å². The summed E-state index contributed by atoms with van der Waals surface area (Å²) in [5.41, 5.74) is 5.08. The van der Waals surface area contributed by atoms with Crippen LogP contribution in [0.5, 0.6) is 23.0 Å². The summed E-state index contributed by atoms with van der Waals surface area (Å²) in [6.45, 7) is 1.93.